The molecule has 15 heteroatoms. The van der Waals surface area contributed by atoms with Crippen LogP contribution in [0.5, 0.6) is 0 Å². The Morgan fingerprint density at radius 3 is 2.55 bits per heavy atom. The minimum atomic E-state index is -4.62. The number of halogens is 3. The van der Waals surface area contributed by atoms with Gasteiger partial charge in [-0.1, -0.05) is 0 Å². The molecule has 0 radical (unpaired) electrons. The SMILES string of the molecule is O=C(Nc1ccc(N=c2ncn(O)c3[nH]ccc(=O)c23)cc1)Nc1cc(C(F)(F)F)ccc1-n1cncn1. The maximum absolute atomic E-state index is 13.2. The van der Waals surface area contributed by atoms with E-state index < -0.39 is 23.2 Å². The van der Waals surface area contributed by atoms with Gasteiger partial charge >= 0.3 is 12.2 Å². The molecule has 192 valence electrons. The van der Waals surface area contributed by atoms with Crippen LogP contribution >= 0.6 is 0 Å². The Hall–Kier alpha value is -5.47. The molecule has 0 spiro atoms. The molecule has 0 aliphatic heterocycles. The van der Waals surface area contributed by atoms with Gasteiger partial charge in [0.25, 0.3) is 0 Å². The summed E-state index contributed by atoms with van der Waals surface area (Å²) in [4.78, 5) is 39.7. The summed E-state index contributed by atoms with van der Waals surface area (Å²) < 4.78 is 41.6. The smallest absolute Gasteiger partial charge is 0.416 e. The number of H-pyrrole nitrogens is 1. The second kappa shape index (κ2) is 9.53. The van der Waals surface area contributed by atoms with Crippen molar-refractivity contribution in [2.75, 3.05) is 10.6 Å². The van der Waals surface area contributed by atoms with Gasteiger partial charge < -0.3 is 20.8 Å². The predicted octanol–water partition coefficient (Wildman–Crippen LogP) is 3.44. The molecule has 2 aromatic carbocycles. The molecule has 5 rings (SSSR count). The molecule has 0 aliphatic rings. The molecule has 0 aliphatic carbocycles. The van der Waals surface area contributed by atoms with E-state index in [0.29, 0.717) is 16.1 Å². The van der Waals surface area contributed by atoms with E-state index in [0.717, 1.165) is 18.5 Å². The van der Waals surface area contributed by atoms with Crippen LogP contribution in [0.3, 0.4) is 0 Å². The highest BCUT2D eigenvalue weighted by Crippen LogP contribution is 2.33. The molecular weight excluding hydrogens is 507 g/mol. The summed E-state index contributed by atoms with van der Waals surface area (Å²) in [5, 5.41) is 18.8. The lowest BCUT2D eigenvalue weighted by Crippen LogP contribution is -2.21. The Bertz CT molecular complexity index is 1760. The Labute approximate surface area is 209 Å². The van der Waals surface area contributed by atoms with Crippen LogP contribution in [0.25, 0.3) is 16.7 Å². The second-order valence-electron chi connectivity index (χ2n) is 7.79. The number of fused-ring (bicyclic) bond motifs is 1. The Morgan fingerprint density at radius 2 is 1.84 bits per heavy atom. The number of alkyl halides is 3. The molecule has 5 aromatic rings. The fourth-order valence-electron chi connectivity index (χ4n) is 3.55. The van der Waals surface area contributed by atoms with Crippen molar-refractivity contribution in [2.24, 2.45) is 4.99 Å². The number of amides is 2. The van der Waals surface area contributed by atoms with Gasteiger partial charge in [0.1, 0.15) is 24.4 Å². The maximum atomic E-state index is 13.2. The van der Waals surface area contributed by atoms with E-state index >= 15 is 0 Å². The van der Waals surface area contributed by atoms with Crippen molar-refractivity contribution in [1.29, 1.82) is 0 Å². The van der Waals surface area contributed by atoms with E-state index in [1.807, 2.05) is 0 Å². The third kappa shape index (κ3) is 4.92. The molecule has 38 heavy (non-hydrogen) atoms. The van der Waals surface area contributed by atoms with Crippen molar-refractivity contribution < 1.29 is 23.2 Å². The molecule has 0 bridgehead atoms. The molecule has 2 amide bonds. The zero-order chi connectivity index (χ0) is 26.9. The van der Waals surface area contributed by atoms with Crippen LogP contribution in [0.4, 0.5) is 35.0 Å². The fraction of sp³-hybridized carbons (Fsp3) is 0.0435. The quantitative estimate of drug-likeness (QED) is 0.265. The van der Waals surface area contributed by atoms with E-state index in [1.165, 1.54) is 59.9 Å². The molecule has 4 N–H and O–H groups in total. The number of carbonyl (C=O) groups excluding carboxylic acids is 1. The van der Waals surface area contributed by atoms with Gasteiger partial charge in [-0.15, -0.1) is 0 Å². The monoisotopic (exact) mass is 523 g/mol. The normalized spacial score (nSPS) is 12.0. The number of nitrogens with zero attached hydrogens (tertiary/aromatic N) is 6. The largest absolute Gasteiger partial charge is 0.425 e. The molecule has 3 heterocycles. The van der Waals surface area contributed by atoms with Crippen molar-refractivity contribution >= 4 is 34.1 Å². The number of anilines is 2. The van der Waals surface area contributed by atoms with Gasteiger partial charge in [0, 0.05) is 18.0 Å². The summed E-state index contributed by atoms with van der Waals surface area (Å²) in [6.07, 6.45) is 0.334. The molecule has 0 unspecified atom stereocenters. The number of benzene rings is 2. The molecular formula is C23H16F3N9O3. The van der Waals surface area contributed by atoms with Crippen molar-refractivity contribution in [3.05, 3.63) is 95.0 Å². The first-order valence-electron chi connectivity index (χ1n) is 10.8. The molecule has 3 aromatic heterocycles. The van der Waals surface area contributed by atoms with Crippen molar-refractivity contribution in [3.63, 3.8) is 0 Å². The van der Waals surface area contributed by atoms with E-state index in [1.54, 1.807) is 0 Å². The van der Waals surface area contributed by atoms with Gasteiger partial charge in [-0.3, -0.25) is 4.79 Å². The van der Waals surface area contributed by atoms with Crippen LogP contribution in [0.15, 0.2) is 83.5 Å². The number of aromatic nitrogens is 6. The lowest BCUT2D eigenvalue weighted by molar-refractivity contribution is -0.137. The summed E-state index contributed by atoms with van der Waals surface area (Å²) in [5.41, 5.74) is -0.428. The van der Waals surface area contributed by atoms with E-state index in [-0.39, 0.29) is 27.9 Å². The lowest BCUT2D eigenvalue weighted by atomic mass is 10.1. The minimum Gasteiger partial charge on any atom is -0.425 e. The van der Waals surface area contributed by atoms with Gasteiger partial charge in [0.2, 0.25) is 0 Å². The minimum absolute atomic E-state index is 0.0655. The Kier molecular flexibility index (Phi) is 6.08. The third-order valence-corrected chi connectivity index (χ3v) is 5.28. The van der Waals surface area contributed by atoms with Crippen LogP contribution in [-0.4, -0.2) is 40.7 Å². The number of urea groups is 1. The lowest BCUT2D eigenvalue weighted by Gasteiger charge is -2.15. The first-order valence-corrected chi connectivity index (χ1v) is 10.8. The second-order valence-corrected chi connectivity index (χ2v) is 7.79. The highest BCUT2D eigenvalue weighted by Gasteiger charge is 2.31. The third-order valence-electron chi connectivity index (χ3n) is 5.28. The summed E-state index contributed by atoms with van der Waals surface area (Å²) in [6, 6.07) is 9.40. The number of pyridine rings is 1. The average molecular weight is 523 g/mol. The molecule has 0 saturated carbocycles. The fourth-order valence-corrected chi connectivity index (χ4v) is 3.55. The first-order chi connectivity index (χ1) is 18.2. The summed E-state index contributed by atoms with van der Waals surface area (Å²) in [5.74, 6) is 0. The molecule has 0 saturated heterocycles. The van der Waals surface area contributed by atoms with Crippen molar-refractivity contribution in [2.45, 2.75) is 6.18 Å². The molecule has 12 nitrogen and oxygen atoms in total. The first kappa shape index (κ1) is 24.2. The molecule has 0 atom stereocenters. The Balaban J connectivity index is 1.38. The van der Waals surface area contributed by atoms with Crippen LogP contribution in [0, 0.1) is 0 Å². The van der Waals surface area contributed by atoms with Gasteiger partial charge in [-0.05, 0) is 42.5 Å². The number of carbonyl (C=O) groups is 1. The van der Waals surface area contributed by atoms with Gasteiger partial charge in [-0.25, -0.2) is 24.4 Å². The highest BCUT2D eigenvalue weighted by molar-refractivity contribution is 6.01. The zero-order valence-electron chi connectivity index (χ0n) is 19.0. The highest BCUT2D eigenvalue weighted by atomic mass is 19.4. The van der Waals surface area contributed by atoms with Gasteiger partial charge in [0.15, 0.2) is 16.6 Å². The van der Waals surface area contributed by atoms with E-state index in [2.05, 4.69) is 35.7 Å². The van der Waals surface area contributed by atoms with E-state index in [4.69, 9.17) is 0 Å². The molecule has 0 fully saturated rings. The standard InChI is InChI=1S/C23H16F3N9O3/c24-23(25,26)13-1-6-17(34-11-27-10-30-34)16(9-13)33-22(37)32-15-4-2-14(3-5-15)31-20-19-18(36)7-8-28-21(19)35(38)12-29-20/h1-12,38H,(H,28,36)(H2,32,33,37). The maximum Gasteiger partial charge on any atom is 0.416 e. The van der Waals surface area contributed by atoms with Crippen molar-refractivity contribution in [1.82, 2.24) is 29.5 Å². The predicted molar refractivity (Wildman–Crippen MR) is 128 cm³/mol. The van der Waals surface area contributed by atoms with Gasteiger partial charge in [0.05, 0.1) is 22.6 Å². The number of aromatic amines is 1. The topological polar surface area (TPSA) is 155 Å². The van der Waals surface area contributed by atoms with Crippen LogP contribution in [-0.2, 0) is 6.18 Å². The number of nitrogens with one attached hydrogen (secondary N) is 3. The van der Waals surface area contributed by atoms with Gasteiger partial charge in [-0.2, -0.15) is 23.0 Å². The summed E-state index contributed by atoms with van der Waals surface area (Å²) >= 11 is 0. The number of hydrogen-bond donors (Lipinski definition) is 4. The summed E-state index contributed by atoms with van der Waals surface area (Å²) in [6.45, 7) is 0. The van der Waals surface area contributed by atoms with E-state index in [9.17, 15) is 28.0 Å². The van der Waals surface area contributed by atoms with Crippen molar-refractivity contribution in [3.8, 4) is 5.69 Å². The zero-order valence-corrected chi connectivity index (χ0v) is 19.0. The number of rotatable bonds is 4. The van der Waals surface area contributed by atoms with Crippen LogP contribution in [0.1, 0.15) is 5.56 Å². The number of hydrogen-bond acceptors (Lipinski definition) is 7. The average Bonchev–Trinajstić information content (AvgIpc) is 3.41. The van der Waals surface area contributed by atoms with Crippen LogP contribution < -0.4 is 21.6 Å². The Morgan fingerprint density at radius 1 is 1.05 bits per heavy atom. The van der Waals surface area contributed by atoms with Crippen LogP contribution in [0.2, 0.25) is 0 Å². The summed E-state index contributed by atoms with van der Waals surface area (Å²) in [7, 11) is 0.